The fourth-order valence-electron chi connectivity index (χ4n) is 1.81. The van der Waals surface area contributed by atoms with Gasteiger partial charge in [-0.1, -0.05) is 12.1 Å². The van der Waals surface area contributed by atoms with Gasteiger partial charge in [-0.25, -0.2) is 4.39 Å². The molecule has 2 aromatic carbocycles. The zero-order valence-corrected chi connectivity index (χ0v) is 10.2. The lowest BCUT2D eigenvalue weighted by Gasteiger charge is -2.10. The first-order chi connectivity index (χ1) is 9.19. The third kappa shape index (κ3) is 2.45. The molecule has 0 saturated heterocycles. The number of nitrogens with zero attached hydrogens (tertiary/aromatic N) is 1. The number of nitriles is 1. The number of carbonyl (C=O) groups is 1. The van der Waals surface area contributed by atoms with Gasteiger partial charge in [-0.2, -0.15) is 5.26 Å². The number of carbonyl (C=O) groups excluding carboxylic acids is 1. The van der Waals surface area contributed by atoms with Crippen molar-refractivity contribution in [1.82, 2.24) is 0 Å². The number of benzene rings is 2. The van der Waals surface area contributed by atoms with Crippen LogP contribution in [0, 0.1) is 17.1 Å². The number of aldehydes is 1. The second-order valence-corrected chi connectivity index (χ2v) is 3.88. The molecule has 0 fully saturated rings. The Morgan fingerprint density at radius 1 is 1.21 bits per heavy atom. The van der Waals surface area contributed by atoms with Crippen molar-refractivity contribution in [1.29, 1.82) is 5.26 Å². The third-order valence-corrected chi connectivity index (χ3v) is 2.75. The van der Waals surface area contributed by atoms with Crippen LogP contribution < -0.4 is 4.74 Å². The molecule has 0 aliphatic carbocycles. The monoisotopic (exact) mass is 255 g/mol. The van der Waals surface area contributed by atoms with Crippen molar-refractivity contribution in [3.8, 4) is 22.9 Å². The molecule has 0 amide bonds. The van der Waals surface area contributed by atoms with E-state index < -0.39 is 5.82 Å². The van der Waals surface area contributed by atoms with E-state index in [1.807, 2.05) is 6.07 Å². The Morgan fingerprint density at radius 2 is 2.00 bits per heavy atom. The van der Waals surface area contributed by atoms with Crippen LogP contribution in [0.3, 0.4) is 0 Å². The van der Waals surface area contributed by atoms with E-state index in [2.05, 4.69) is 0 Å². The van der Waals surface area contributed by atoms with E-state index in [0.717, 1.165) is 6.07 Å². The van der Waals surface area contributed by atoms with Gasteiger partial charge in [-0.15, -0.1) is 0 Å². The van der Waals surface area contributed by atoms with Crippen molar-refractivity contribution in [3.63, 3.8) is 0 Å². The highest BCUT2D eigenvalue weighted by molar-refractivity contribution is 5.79. The number of hydrogen-bond donors (Lipinski definition) is 0. The molecule has 94 valence electrons. The lowest BCUT2D eigenvalue weighted by Crippen LogP contribution is -1.93. The summed E-state index contributed by atoms with van der Waals surface area (Å²) in [5, 5.41) is 8.89. The lowest BCUT2D eigenvalue weighted by molar-refractivity contribution is 0.112. The zero-order chi connectivity index (χ0) is 13.8. The van der Waals surface area contributed by atoms with Gasteiger partial charge >= 0.3 is 0 Å². The summed E-state index contributed by atoms with van der Waals surface area (Å²) < 4.78 is 19.1. The largest absolute Gasteiger partial charge is 0.496 e. The van der Waals surface area contributed by atoms with Crippen LogP contribution in [0.5, 0.6) is 5.75 Å². The number of hydrogen-bond acceptors (Lipinski definition) is 3. The fourth-order valence-corrected chi connectivity index (χ4v) is 1.81. The molecule has 2 aromatic rings. The van der Waals surface area contributed by atoms with Crippen LogP contribution in [0.4, 0.5) is 4.39 Å². The summed E-state index contributed by atoms with van der Waals surface area (Å²) >= 11 is 0. The van der Waals surface area contributed by atoms with Gasteiger partial charge in [0.25, 0.3) is 0 Å². The number of ether oxygens (including phenoxy) is 1. The summed E-state index contributed by atoms with van der Waals surface area (Å²) in [5.41, 5.74) is 1.45. The molecule has 0 aliphatic heterocycles. The van der Waals surface area contributed by atoms with Gasteiger partial charge in [-0.3, -0.25) is 4.79 Å². The van der Waals surface area contributed by atoms with Crippen molar-refractivity contribution in [2.24, 2.45) is 0 Å². The van der Waals surface area contributed by atoms with Gasteiger partial charge < -0.3 is 4.74 Å². The van der Waals surface area contributed by atoms with Crippen LogP contribution in [-0.2, 0) is 0 Å². The fraction of sp³-hybridized carbons (Fsp3) is 0.0667. The van der Waals surface area contributed by atoms with Gasteiger partial charge in [-0.05, 0) is 24.3 Å². The highest BCUT2D eigenvalue weighted by Gasteiger charge is 2.12. The molecule has 0 unspecified atom stereocenters. The maximum Gasteiger partial charge on any atom is 0.150 e. The zero-order valence-electron chi connectivity index (χ0n) is 10.2. The number of rotatable bonds is 3. The molecule has 0 saturated carbocycles. The molecule has 0 bridgehead atoms. The van der Waals surface area contributed by atoms with Crippen LogP contribution in [0.1, 0.15) is 15.9 Å². The molecule has 19 heavy (non-hydrogen) atoms. The molecule has 0 atom stereocenters. The molecule has 0 radical (unpaired) electrons. The average molecular weight is 255 g/mol. The topological polar surface area (TPSA) is 50.1 Å². The quantitative estimate of drug-likeness (QED) is 0.791. The number of methoxy groups -OCH3 is 1. The van der Waals surface area contributed by atoms with Crippen molar-refractivity contribution in [3.05, 3.63) is 53.3 Å². The molecule has 2 rings (SSSR count). The minimum absolute atomic E-state index is 0.261. The predicted octanol–water partition coefficient (Wildman–Crippen LogP) is 3.19. The van der Waals surface area contributed by atoms with Crippen LogP contribution in [-0.4, -0.2) is 13.4 Å². The molecule has 0 heterocycles. The predicted molar refractivity (Wildman–Crippen MR) is 68.5 cm³/mol. The maximum atomic E-state index is 14.0. The normalized spacial score (nSPS) is 9.74. The first kappa shape index (κ1) is 12.8. The van der Waals surface area contributed by atoms with E-state index in [1.165, 1.54) is 19.2 Å². The SMILES string of the molecule is COc1ccc(C#N)cc1-c1ccc(C=O)cc1F. The van der Waals surface area contributed by atoms with Crippen LogP contribution in [0.25, 0.3) is 11.1 Å². The van der Waals surface area contributed by atoms with Crippen molar-refractivity contribution < 1.29 is 13.9 Å². The summed E-state index contributed by atoms with van der Waals surface area (Å²) in [7, 11) is 1.47. The van der Waals surface area contributed by atoms with E-state index in [1.54, 1.807) is 18.2 Å². The Balaban J connectivity index is 2.63. The molecule has 3 nitrogen and oxygen atoms in total. The van der Waals surface area contributed by atoms with Gasteiger partial charge in [0.1, 0.15) is 17.9 Å². The first-order valence-corrected chi connectivity index (χ1v) is 5.53. The van der Waals surface area contributed by atoms with Gasteiger partial charge in [0.15, 0.2) is 0 Å². The Labute approximate surface area is 109 Å². The summed E-state index contributed by atoms with van der Waals surface area (Å²) in [6, 6.07) is 10.9. The highest BCUT2D eigenvalue weighted by Crippen LogP contribution is 2.32. The van der Waals surface area contributed by atoms with Gasteiger partial charge in [0.2, 0.25) is 0 Å². The molecule has 0 spiro atoms. The van der Waals surface area contributed by atoms with Crippen molar-refractivity contribution in [2.45, 2.75) is 0 Å². The van der Waals surface area contributed by atoms with Crippen molar-refractivity contribution in [2.75, 3.05) is 7.11 Å². The summed E-state index contributed by atoms with van der Waals surface area (Å²) in [6.07, 6.45) is 0.579. The van der Waals surface area contributed by atoms with E-state index in [9.17, 15) is 9.18 Å². The van der Waals surface area contributed by atoms with E-state index in [-0.39, 0.29) is 5.56 Å². The maximum absolute atomic E-state index is 14.0. The van der Waals surface area contributed by atoms with Gasteiger partial charge in [0, 0.05) is 16.7 Å². The first-order valence-electron chi connectivity index (χ1n) is 5.53. The van der Waals surface area contributed by atoms with E-state index in [0.29, 0.717) is 28.7 Å². The minimum Gasteiger partial charge on any atom is -0.496 e. The smallest absolute Gasteiger partial charge is 0.150 e. The van der Waals surface area contributed by atoms with Gasteiger partial charge in [0.05, 0.1) is 18.7 Å². The van der Waals surface area contributed by atoms with E-state index in [4.69, 9.17) is 10.00 Å². The summed E-state index contributed by atoms with van der Waals surface area (Å²) in [6.45, 7) is 0. The third-order valence-electron chi connectivity index (χ3n) is 2.75. The Hall–Kier alpha value is -2.67. The minimum atomic E-state index is -0.530. The number of halogens is 1. The van der Waals surface area contributed by atoms with Crippen LogP contribution in [0.2, 0.25) is 0 Å². The summed E-state index contributed by atoms with van der Waals surface area (Å²) in [4.78, 5) is 10.6. The van der Waals surface area contributed by atoms with Crippen LogP contribution >= 0.6 is 0 Å². The lowest BCUT2D eigenvalue weighted by atomic mass is 10.0. The molecule has 0 aromatic heterocycles. The van der Waals surface area contributed by atoms with Crippen LogP contribution in [0.15, 0.2) is 36.4 Å². The molecular formula is C15H10FNO2. The summed E-state index contributed by atoms with van der Waals surface area (Å²) in [5.74, 6) is -0.0604. The molecule has 0 N–H and O–H groups in total. The Morgan fingerprint density at radius 3 is 2.58 bits per heavy atom. The van der Waals surface area contributed by atoms with Crippen molar-refractivity contribution >= 4 is 6.29 Å². The molecule has 4 heteroatoms. The second-order valence-electron chi connectivity index (χ2n) is 3.88. The van der Waals surface area contributed by atoms with E-state index >= 15 is 0 Å². The molecule has 0 aliphatic rings. The second kappa shape index (κ2) is 5.32. The Kier molecular flexibility index (Phi) is 3.58. The Bertz CT molecular complexity index is 674. The molecular weight excluding hydrogens is 245 g/mol. The standard InChI is InChI=1S/C15H10FNO2/c1-19-15-5-3-10(8-17)6-13(15)12-4-2-11(9-18)7-14(12)16/h2-7,9H,1H3. The highest BCUT2D eigenvalue weighted by atomic mass is 19.1. The average Bonchev–Trinajstić information content (AvgIpc) is 2.46.